The van der Waals surface area contributed by atoms with Crippen molar-refractivity contribution in [3.63, 3.8) is 0 Å². The van der Waals surface area contributed by atoms with Gasteiger partial charge in [0.15, 0.2) is 0 Å². The molecule has 0 radical (unpaired) electrons. The van der Waals surface area contributed by atoms with Gasteiger partial charge in [0.05, 0.1) is 13.7 Å². The van der Waals surface area contributed by atoms with Crippen molar-refractivity contribution < 1.29 is 18.7 Å². The van der Waals surface area contributed by atoms with E-state index in [-0.39, 0.29) is 30.3 Å². The SMILES string of the molecule is COc1ccc(NC(=O)N(CC(=O)N(Cc2ccc(F)cc2)Cc2cccs2)C2CCCCC2)cc1. The minimum atomic E-state index is -0.312. The van der Waals surface area contributed by atoms with Gasteiger partial charge in [-0.15, -0.1) is 11.3 Å². The summed E-state index contributed by atoms with van der Waals surface area (Å²) in [6.45, 7) is 0.765. The van der Waals surface area contributed by atoms with E-state index in [1.54, 1.807) is 64.6 Å². The molecule has 0 aliphatic heterocycles. The van der Waals surface area contributed by atoms with E-state index in [4.69, 9.17) is 4.74 Å². The number of carbonyl (C=O) groups excluding carboxylic acids is 2. The molecule has 0 saturated heterocycles. The van der Waals surface area contributed by atoms with Crippen molar-refractivity contribution in [2.45, 2.75) is 51.2 Å². The summed E-state index contributed by atoms with van der Waals surface area (Å²) in [7, 11) is 1.60. The van der Waals surface area contributed by atoms with Crippen molar-refractivity contribution >= 4 is 29.0 Å². The van der Waals surface area contributed by atoms with Crippen LogP contribution in [0, 0.1) is 5.82 Å². The number of nitrogens with one attached hydrogen (secondary N) is 1. The lowest BCUT2D eigenvalue weighted by molar-refractivity contribution is -0.133. The van der Waals surface area contributed by atoms with Crippen LogP contribution in [-0.2, 0) is 17.9 Å². The van der Waals surface area contributed by atoms with Gasteiger partial charge in [-0.25, -0.2) is 9.18 Å². The van der Waals surface area contributed by atoms with Crippen molar-refractivity contribution in [3.05, 3.63) is 82.3 Å². The first-order valence-electron chi connectivity index (χ1n) is 12.3. The first-order chi connectivity index (χ1) is 17.5. The number of benzene rings is 2. The van der Waals surface area contributed by atoms with Crippen LogP contribution in [0.5, 0.6) is 5.75 Å². The van der Waals surface area contributed by atoms with Gasteiger partial charge in [-0.3, -0.25) is 4.79 Å². The second kappa shape index (κ2) is 12.5. The Morgan fingerprint density at radius 3 is 2.36 bits per heavy atom. The Labute approximate surface area is 215 Å². The van der Waals surface area contributed by atoms with Crippen LogP contribution in [0.3, 0.4) is 0 Å². The van der Waals surface area contributed by atoms with Gasteiger partial charge in [-0.05, 0) is 66.2 Å². The van der Waals surface area contributed by atoms with Crippen molar-refractivity contribution in [3.8, 4) is 5.75 Å². The molecule has 1 fully saturated rings. The average Bonchev–Trinajstić information content (AvgIpc) is 3.42. The molecule has 1 aliphatic carbocycles. The second-order valence-corrected chi connectivity index (χ2v) is 10.1. The number of rotatable bonds is 9. The van der Waals surface area contributed by atoms with Gasteiger partial charge in [0.2, 0.25) is 5.91 Å². The van der Waals surface area contributed by atoms with Crippen LogP contribution in [0.1, 0.15) is 42.5 Å². The van der Waals surface area contributed by atoms with Gasteiger partial charge in [-0.2, -0.15) is 0 Å². The number of nitrogens with zero attached hydrogens (tertiary/aromatic N) is 2. The third kappa shape index (κ3) is 7.07. The smallest absolute Gasteiger partial charge is 0.322 e. The molecule has 3 amide bonds. The zero-order valence-electron chi connectivity index (χ0n) is 20.5. The van der Waals surface area contributed by atoms with Crippen molar-refractivity contribution in [2.75, 3.05) is 19.0 Å². The summed E-state index contributed by atoms with van der Waals surface area (Å²) in [5.41, 5.74) is 1.49. The first kappa shape index (κ1) is 25.7. The summed E-state index contributed by atoms with van der Waals surface area (Å²) in [4.78, 5) is 31.6. The lowest BCUT2D eigenvalue weighted by Gasteiger charge is -2.35. The largest absolute Gasteiger partial charge is 0.497 e. The molecule has 1 saturated carbocycles. The van der Waals surface area contributed by atoms with Crippen LogP contribution < -0.4 is 10.1 Å². The molecule has 36 heavy (non-hydrogen) atoms. The highest BCUT2D eigenvalue weighted by atomic mass is 32.1. The Balaban J connectivity index is 1.52. The van der Waals surface area contributed by atoms with E-state index in [1.165, 1.54) is 12.1 Å². The molecule has 4 rings (SSSR count). The van der Waals surface area contributed by atoms with Crippen LogP contribution in [0.2, 0.25) is 0 Å². The minimum absolute atomic E-state index is 0.00959. The zero-order chi connectivity index (χ0) is 25.3. The summed E-state index contributed by atoms with van der Waals surface area (Å²) in [5, 5.41) is 4.94. The molecular weight excluding hydrogens is 477 g/mol. The summed E-state index contributed by atoms with van der Waals surface area (Å²) >= 11 is 1.58. The van der Waals surface area contributed by atoms with E-state index in [0.29, 0.717) is 24.5 Å². The summed E-state index contributed by atoms with van der Waals surface area (Å²) < 4.78 is 18.6. The number of hydrogen-bond acceptors (Lipinski definition) is 4. The highest BCUT2D eigenvalue weighted by Crippen LogP contribution is 2.25. The lowest BCUT2D eigenvalue weighted by Crippen LogP contribution is -2.49. The third-order valence-electron chi connectivity index (χ3n) is 6.49. The van der Waals surface area contributed by atoms with E-state index in [0.717, 1.165) is 42.5 Å². The fourth-order valence-corrected chi connectivity index (χ4v) is 5.23. The van der Waals surface area contributed by atoms with Crippen LogP contribution in [-0.4, -0.2) is 41.4 Å². The van der Waals surface area contributed by atoms with Gasteiger partial charge in [-0.1, -0.05) is 37.5 Å². The predicted octanol–water partition coefficient (Wildman–Crippen LogP) is 6.29. The molecule has 1 aromatic heterocycles. The molecule has 0 spiro atoms. The molecular formula is C28H32FN3O3S. The number of anilines is 1. The highest BCUT2D eigenvalue weighted by molar-refractivity contribution is 7.09. The molecule has 1 N–H and O–H groups in total. The Kier molecular flexibility index (Phi) is 8.95. The molecule has 0 bridgehead atoms. The summed E-state index contributed by atoms with van der Waals surface area (Å²) in [5.74, 6) is 0.258. The number of halogens is 1. The molecule has 190 valence electrons. The number of urea groups is 1. The summed E-state index contributed by atoms with van der Waals surface area (Å²) in [6, 6.07) is 17.0. The van der Waals surface area contributed by atoms with Crippen LogP contribution >= 0.6 is 11.3 Å². The Bertz CT molecular complexity index is 1110. The number of hydrogen-bond donors (Lipinski definition) is 1. The number of carbonyl (C=O) groups is 2. The number of ether oxygens (including phenoxy) is 1. The molecule has 0 atom stereocenters. The van der Waals surface area contributed by atoms with E-state index in [2.05, 4.69) is 5.32 Å². The molecule has 3 aromatic rings. The van der Waals surface area contributed by atoms with Gasteiger partial charge in [0.25, 0.3) is 0 Å². The first-order valence-corrected chi connectivity index (χ1v) is 13.2. The van der Waals surface area contributed by atoms with Crippen LogP contribution in [0.25, 0.3) is 0 Å². The Hall–Kier alpha value is -3.39. The normalized spacial score (nSPS) is 13.7. The van der Waals surface area contributed by atoms with Gasteiger partial charge >= 0.3 is 6.03 Å². The van der Waals surface area contributed by atoms with E-state index < -0.39 is 0 Å². The molecule has 6 nitrogen and oxygen atoms in total. The third-order valence-corrected chi connectivity index (χ3v) is 7.35. The molecule has 0 unspecified atom stereocenters. The maximum absolute atomic E-state index is 13.7. The van der Waals surface area contributed by atoms with Gasteiger partial charge in [0, 0.05) is 23.2 Å². The maximum atomic E-state index is 13.7. The van der Waals surface area contributed by atoms with Crippen LogP contribution in [0.15, 0.2) is 66.0 Å². The fourth-order valence-electron chi connectivity index (χ4n) is 4.51. The summed E-state index contributed by atoms with van der Waals surface area (Å²) in [6.07, 6.45) is 4.99. The number of methoxy groups -OCH3 is 1. The van der Waals surface area contributed by atoms with Crippen LogP contribution in [0.4, 0.5) is 14.9 Å². The van der Waals surface area contributed by atoms with Gasteiger partial charge in [0.1, 0.15) is 18.1 Å². The molecule has 1 heterocycles. The van der Waals surface area contributed by atoms with E-state index >= 15 is 0 Å². The van der Waals surface area contributed by atoms with E-state index in [1.807, 2.05) is 17.5 Å². The minimum Gasteiger partial charge on any atom is -0.497 e. The van der Waals surface area contributed by atoms with Gasteiger partial charge < -0.3 is 19.9 Å². The Morgan fingerprint density at radius 1 is 1.00 bits per heavy atom. The molecule has 2 aromatic carbocycles. The quantitative estimate of drug-likeness (QED) is 0.369. The average molecular weight is 510 g/mol. The predicted molar refractivity (Wildman–Crippen MR) is 141 cm³/mol. The maximum Gasteiger partial charge on any atom is 0.322 e. The topological polar surface area (TPSA) is 61.9 Å². The lowest BCUT2D eigenvalue weighted by atomic mass is 9.94. The Morgan fingerprint density at radius 2 is 1.72 bits per heavy atom. The van der Waals surface area contributed by atoms with Crippen molar-refractivity contribution in [1.29, 1.82) is 0 Å². The number of thiophene rings is 1. The zero-order valence-corrected chi connectivity index (χ0v) is 21.3. The fraction of sp³-hybridized carbons (Fsp3) is 0.357. The molecule has 8 heteroatoms. The number of amides is 3. The standard InChI is InChI=1S/C28H32FN3O3S/c1-35-25-15-13-23(14-16-25)30-28(34)32(24-6-3-2-4-7-24)20-27(33)31(19-26-8-5-17-36-26)18-21-9-11-22(29)12-10-21/h5,8-17,24H,2-4,6-7,18-20H2,1H3,(H,30,34). The highest BCUT2D eigenvalue weighted by Gasteiger charge is 2.29. The second-order valence-electron chi connectivity index (χ2n) is 9.03. The van der Waals surface area contributed by atoms with Crippen molar-refractivity contribution in [1.82, 2.24) is 9.80 Å². The monoisotopic (exact) mass is 509 g/mol. The van der Waals surface area contributed by atoms with E-state index in [9.17, 15) is 14.0 Å². The van der Waals surface area contributed by atoms with Crippen molar-refractivity contribution in [2.24, 2.45) is 0 Å². The molecule has 1 aliphatic rings.